The number of nitrogens with one attached hydrogen (secondary N) is 1. The number of hydrogen-bond donors (Lipinski definition) is 1. The van der Waals surface area contributed by atoms with Crippen LogP contribution < -0.4 is 19.6 Å². The number of aryl methyl sites for hydroxylation is 1. The van der Waals surface area contributed by atoms with E-state index < -0.39 is 11.9 Å². The largest absolute Gasteiger partial charge is 0.493 e. The van der Waals surface area contributed by atoms with Crippen molar-refractivity contribution in [3.05, 3.63) is 88.4 Å². The molecule has 1 N–H and O–H groups in total. The van der Waals surface area contributed by atoms with Crippen molar-refractivity contribution < 1.29 is 23.8 Å². The highest BCUT2D eigenvalue weighted by atomic mass is 35.5. The normalized spacial score (nSPS) is 10.6. The van der Waals surface area contributed by atoms with E-state index in [2.05, 4.69) is 10.5 Å². The minimum Gasteiger partial charge on any atom is -0.493 e. The number of halogens is 1. The van der Waals surface area contributed by atoms with Gasteiger partial charge in [0.2, 0.25) is 0 Å². The van der Waals surface area contributed by atoms with Crippen LogP contribution in [0.3, 0.4) is 0 Å². The molecule has 7 nitrogen and oxygen atoms in total. The summed E-state index contributed by atoms with van der Waals surface area (Å²) in [6.07, 6.45) is 1.44. The number of hydrazone groups is 1. The molecule has 0 aliphatic rings. The Morgan fingerprint density at radius 3 is 2.41 bits per heavy atom. The first-order valence-electron chi connectivity index (χ1n) is 9.62. The number of rotatable bonds is 8. The molecule has 0 heterocycles. The van der Waals surface area contributed by atoms with Crippen LogP contribution in [0.4, 0.5) is 0 Å². The van der Waals surface area contributed by atoms with Crippen molar-refractivity contribution in [1.29, 1.82) is 0 Å². The topological polar surface area (TPSA) is 86.2 Å². The van der Waals surface area contributed by atoms with Gasteiger partial charge in [0.05, 0.1) is 18.9 Å². The van der Waals surface area contributed by atoms with Gasteiger partial charge < -0.3 is 14.2 Å². The van der Waals surface area contributed by atoms with Gasteiger partial charge in [-0.25, -0.2) is 10.2 Å². The highest BCUT2D eigenvalue weighted by Gasteiger charge is 2.12. The van der Waals surface area contributed by atoms with E-state index in [1.807, 2.05) is 19.1 Å². The van der Waals surface area contributed by atoms with Crippen LogP contribution >= 0.6 is 11.6 Å². The Morgan fingerprint density at radius 1 is 1.00 bits per heavy atom. The molecule has 3 aromatic rings. The Bertz CT molecular complexity index is 1110. The van der Waals surface area contributed by atoms with Crippen molar-refractivity contribution in [3.63, 3.8) is 0 Å². The summed E-state index contributed by atoms with van der Waals surface area (Å²) in [5.41, 5.74) is 4.50. The average Bonchev–Trinajstić information content (AvgIpc) is 2.80. The fourth-order valence-electron chi connectivity index (χ4n) is 2.59. The number of esters is 1. The molecule has 0 bridgehead atoms. The van der Waals surface area contributed by atoms with Gasteiger partial charge in [-0.2, -0.15) is 5.10 Å². The number of ether oxygens (including phenoxy) is 3. The zero-order valence-electron chi connectivity index (χ0n) is 17.5. The molecule has 164 valence electrons. The quantitative estimate of drug-likeness (QED) is 0.237. The molecule has 0 spiro atoms. The van der Waals surface area contributed by atoms with Crippen LogP contribution in [0.15, 0.2) is 71.8 Å². The van der Waals surface area contributed by atoms with E-state index >= 15 is 0 Å². The summed E-state index contributed by atoms with van der Waals surface area (Å²) >= 11 is 5.80. The zero-order valence-corrected chi connectivity index (χ0v) is 18.3. The molecule has 3 aromatic carbocycles. The average molecular weight is 453 g/mol. The lowest BCUT2D eigenvalue weighted by Crippen LogP contribution is -2.24. The second kappa shape index (κ2) is 11.0. The van der Waals surface area contributed by atoms with E-state index in [4.69, 9.17) is 25.8 Å². The Morgan fingerprint density at radius 2 is 1.72 bits per heavy atom. The van der Waals surface area contributed by atoms with Crippen LogP contribution in [-0.4, -0.2) is 31.8 Å². The molecule has 0 aromatic heterocycles. The Hall–Kier alpha value is -3.84. The lowest BCUT2D eigenvalue weighted by molar-refractivity contribution is -0.123. The summed E-state index contributed by atoms with van der Waals surface area (Å²) in [5, 5.41) is 4.48. The molecule has 0 aliphatic carbocycles. The van der Waals surface area contributed by atoms with Crippen molar-refractivity contribution in [1.82, 2.24) is 5.43 Å². The summed E-state index contributed by atoms with van der Waals surface area (Å²) < 4.78 is 16.1. The SMILES string of the molecule is COc1cc(/C=N\NC(=O)COc2ccc(Cl)cc2)ccc1OC(=O)c1ccc(C)cc1. The Labute approximate surface area is 190 Å². The smallest absolute Gasteiger partial charge is 0.343 e. The Kier molecular flexibility index (Phi) is 7.83. The number of nitrogens with zero attached hydrogens (tertiary/aromatic N) is 1. The molecule has 0 aliphatic heterocycles. The van der Waals surface area contributed by atoms with Gasteiger partial charge in [-0.05, 0) is 67.1 Å². The maximum Gasteiger partial charge on any atom is 0.343 e. The second-order valence-corrected chi connectivity index (χ2v) is 7.14. The maximum atomic E-state index is 12.3. The molecule has 0 saturated heterocycles. The van der Waals surface area contributed by atoms with Gasteiger partial charge in [-0.15, -0.1) is 0 Å². The van der Waals surface area contributed by atoms with E-state index in [0.29, 0.717) is 27.6 Å². The van der Waals surface area contributed by atoms with E-state index in [0.717, 1.165) is 5.56 Å². The first-order chi connectivity index (χ1) is 15.4. The Balaban J connectivity index is 1.55. The lowest BCUT2D eigenvalue weighted by atomic mass is 10.1. The third-order valence-electron chi connectivity index (χ3n) is 4.26. The first kappa shape index (κ1) is 22.8. The van der Waals surface area contributed by atoms with E-state index in [1.54, 1.807) is 54.6 Å². The summed E-state index contributed by atoms with van der Waals surface area (Å²) in [6.45, 7) is 1.74. The van der Waals surface area contributed by atoms with Crippen LogP contribution in [-0.2, 0) is 4.79 Å². The fraction of sp³-hybridized carbons (Fsp3) is 0.125. The van der Waals surface area contributed by atoms with Crippen molar-refractivity contribution in [2.24, 2.45) is 5.10 Å². The van der Waals surface area contributed by atoms with Crippen LogP contribution in [0.2, 0.25) is 5.02 Å². The number of amides is 1. The van der Waals surface area contributed by atoms with Crippen LogP contribution in [0.25, 0.3) is 0 Å². The third-order valence-corrected chi connectivity index (χ3v) is 4.52. The van der Waals surface area contributed by atoms with Crippen molar-refractivity contribution in [2.45, 2.75) is 6.92 Å². The molecule has 0 saturated carbocycles. The molecule has 0 fully saturated rings. The van der Waals surface area contributed by atoms with Gasteiger partial charge >= 0.3 is 5.97 Å². The zero-order chi connectivity index (χ0) is 22.9. The highest BCUT2D eigenvalue weighted by Crippen LogP contribution is 2.28. The number of benzene rings is 3. The van der Waals surface area contributed by atoms with E-state index in [-0.39, 0.29) is 12.4 Å². The predicted molar refractivity (Wildman–Crippen MR) is 122 cm³/mol. The fourth-order valence-corrected chi connectivity index (χ4v) is 2.71. The predicted octanol–water partition coefficient (Wildman–Crippen LogP) is 4.41. The molecule has 8 heteroatoms. The number of carbonyl (C=O) groups excluding carboxylic acids is 2. The minimum absolute atomic E-state index is 0.198. The number of hydrogen-bond acceptors (Lipinski definition) is 6. The lowest BCUT2D eigenvalue weighted by Gasteiger charge is -2.10. The van der Waals surface area contributed by atoms with E-state index in [9.17, 15) is 9.59 Å². The second-order valence-electron chi connectivity index (χ2n) is 6.70. The van der Waals surface area contributed by atoms with Gasteiger partial charge in [0.25, 0.3) is 5.91 Å². The van der Waals surface area contributed by atoms with Gasteiger partial charge in [0, 0.05) is 5.02 Å². The number of carbonyl (C=O) groups is 2. The van der Waals surface area contributed by atoms with Crippen LogP contribution in [0, 0.1) is 6.92 Å². The number of methoxy groups -OCH3 is 1. The molecule has 32 heavy (non-hydrogen) atoms. The van der Waals surface area contributed by atoms with Crippen molar-refractivity contribution >= 4 is 29.7 Å². The van der Waals surface area contributed by atoms with Crippen LogP contribution in [0.1, 0.15) is 21.5 Å². The molecular weight excluding hydrogens is 432 g/mol. The first-order valence-corrected chi connectivity index (χ1v) is 9.99. The van der Waals surface area contributed by atoms with Gasteiger partial charge in [-0.1, -0.05) is 29.3 Å². The summed E-state index contributed by atoms with van der Waals surface area (Å²) in [4.78, 5) is 24.2. The molecule has 0 unspecified atom stereocenters. The third kappa shape index (κ3) is 6.58. The molecule has 0 atom stereocenters. The molecule has 0 radical (unpaired) electrons. The molecular formula is C24H21ClN2O5. The molecule has 1 amide bonds. The van der Waals surface area contributed by atoms with Crippen molar-refractivity contribution in [2.75, 3.05) is 13.7 Å². The summed E-state index contributed by atoms with van der Waals surface area (Å²) in [5.74, 6) is 0.237. The van der Waals surface area contributed by atoms with Gasteiger partial charge in [0.1, 0.15) is 5.75 Å². The van der Waals surface area contributed by atoms with Gasteiger partial charge in [-0.3, -0.25) is 4.79 Å². The monoisotopic (exact) mass is 452 g/mol. The molecule has 3 rings (SSSR count). The summed E-state index contributed by atoms with van der Waals surface area (Å²) in [7, 11) is 1.47. The highest BCUT2D eigenvalue weighted by molar-refractivity contribution is 6.30. The minimum atomic E-state index is -0.488. The standard InChI is InChI=1S/C24H21ClN2O5/c1-16-3-6-18(7-4-16)24(29)32-21-12-5-17(13-22(21)30-2)14-26-27-23(28)15-31-20-10-8-19(25)9-11-20/h3-14H,15H2,1-2H3,(H,27,28)/b26-14-. The van der Waals surface area contributed by atoms with Crippen molar-refractivity contribution in [3.8, 4) is 17.2 Å². The van der Waals surface area contributed by atoms with Gasteiger partial charge in [0.15, 0.2) is 18.1 Å². The van der Waals surface area contributed by atoms with Crippen LogP contribution in [0.5, 0.6) is 17.2 Å². The maximum absolute atomic E-state index is 12.3. The summed E-state index contributed by atoms with van der Waals surface area (Å²) in [6, 6.07) is 18.6. The van der Waals surface area contributed by atoms with E-state index in [1.165, 1.54) is 13.3 Å².